The van der Waals surface area contributed by atoms with Crippen molar-refractivity contribution in [1.82, 2.24) is 9.80 Å². The van der Waals surface area contributed by atoms with Crippen molar-refractivity contribution >= 4 is 5.78 Å². The topological polar surface area (TPSA) is 23.6 Å². The summed E-state index contributed by atoms with van der Waals surface area (Å²) >= 11 is 0. The molecule has 0 radical (unpaired) electrons. The fraction of sp³-hybridized carbons (Fsp3) is 0.533. The molecule has 0 N–H and O–H groups in total. The summed E-state index contributed by atoms with van der Waals surface area (Å²) in [6.45, 7) is 2.30. The zero-order valence-corrected chi connectivity index (χ0v) is 12.2. The van der Waals surface area contributed by atoms with E-state index in [9.17, 15) is 18.0 Å². The molecule has 0 amide bonds. The lowest BCUT2D eigenvalue weighted by atomic mass is 9.99. The average molecular weight is 300 g/mol. The summed E-state index contributed by atoms with van der Waals surface area (Å²) in [6.07, 6.45) is -4.34. The van der Waals surface area contributed by atoms with E-state index >= 15 is 0 Å². The Morgan fingerprint density at radius 3 is 2.67 bits per heavy atom. The van der Waals surface area contributed by atoms with Crippen LogP contribution in [-0.4, -0.2) is 55.4 Å². The lowest BCUT2D eigenvalue weighted by Crippen LogP contribution is -2.53. The number of halogens is 3. The van der Waals surface area contributed by atoms with Crippen LogP contribution in [0.3, 0.4) is 0 Å². The first-order valence-corrected chi connectivity index (χ1v) is 6.85. The van der Waals surface area contributed by atoms with Gasteiger partial charge < -0.3 is 4.90 Å². The van der Waals surface area contributed by atoms with E-state index in [0.29, 0.717) is 12.1 Å². The van der Waals surface area contributed by atoms with Crippen LogP contribution in [0.25, 0.3) is 0 Å². The number of rotatable bonds is 3. The number of alkyl halides is 3. The molecule has 1 heterocycles. The standard InChI is InChI=1S/C15H19F3N2O/c1-19-6-7-20(2)13(10-19)14(21)9-11-4-3-5-12(8-11)15(16,17)18/h3-5,8,13H,6-7,9-10H2,1-2H3. The summed E-state index contributed by atoms with van der Waals surface area (Å²) in [5.74, 6) is -0.0385. The Morgan fingerprint density at radius 2 is 2.00 bits per heavy atom. The van der Waals surface area contributed by atoms with Crippen molar-refractivity contribution in [1.29, 1.82) is 0 Å². The van der Waals surface area contributed by atoms with Gasteiger partial charge in [0.25, 0.3) is 0 Å². The van der Waals surface area contributed by atoms with E-state index in [1.165, 1.54) is 6.07 Å². The van der Waals surface area contributed by atoms with Gasteiger partial charge in [0, 0.05) is 26.1 Å². The molecule has 0 bridgehead atoms. The highest BCUT2D eigenvalue weighted by Crippen LogP contribution is 2.29. The third kappa shape index (κ3) is 4.04. The van der Waals surface area contributed by atoms with Crippen molar-refractivity contribution in [2.45, 2.75) is 18.6 Å². The molecular weight excluding hydrogens is 281 g/mol. The largest absolute Gasteiger partial charge is 0.416 e. The molecule has 116 valence electrons. The predicted octanol–water partition coefficient (Wildman–Crippen LogP) is 2.06. The first-order valence-electron chi connectivity index (χ1n) is 6.85. The Bertz CT molecular complexity index is 516. The molecule has 1 aliphatic heterocycles. The van der Waals surface area contributed by atoms with Crippen LogP contribution in [0.15, 0.2) is 24.3 Å². The molecule has 1 aliphatic rings. The Kier molecular flexibility index (Phi) is 4.68. The summed E-state index contributed by atoms with van der Waals surface area (Å²) in [7, 11) is 3.82. The van der Waals surface area contributed by atoms with Gasteiger partial charge >= 0.3 is 6.18 Å². The van der Waals surface area contributed by atoms with Crippen molar-refractivity contribution in [3.05, 3.63) is 35.4 Å². The number of likely N-dealkylation sites (N-methyl/N-ethyl adjacent to an activating group) is 2. The van der Waals surface area contributed by atoms with Gasteiger partial charge in [-0.3, -0.25) is 9.69 Å². The van der Waals surface area contributed by atoms with Crippen LogP contribution in [0.4, 0.5) is 13.2 Å². The minimum Gasteiger partial charge on any atom is -0.303 e. The van der Waals surface area contributed by atoms with Crippen LogP contribution in [0.5, 0.6) is 0 Å². The van der Waals surface area contributed by atoms with E-state index in [1.54, 1.807) is 6.07 Å². The third-order valence-electron chi connectivity index (χ3n) is 3.86. The number of Topliss-reactive ketones (excluding diaryl/α,β-unsaturated/α-hetero) is 1. The molecule has 21 heavy (non-hydrogen) atoms. The second-order valence-corrected chi connectivity index (χ2v) is 5.60. The maximum atomic E-state index is 12.7. The van der Waals surface area contributed by atoms with Crippen LogP contribution in [0.2, 0.25) is 0 Å². The van der Waals surface area contributed by atoms with Gasteiger partial charge in [0.2, 0.25) is 0 Å². The normalized spacial score (nSPS) is 21.5. The molecule has 2 rings (SSSR count). The van der Waals surface area contributed by atoms with E-state index in [2.05, 4.69) is 4.90 Å². The van der Waals surface area contributed by atoms with Crippen molar-refractivity contribution < 1.29 is 18.0 Å². The van der Waals surface area contributed by atoms with E-state index in [0.717, 1.165) is 25.2 Å². The fourth-order valence-electron chi connectivity index (χ4n) is 2.53. The van der Waals surface area contributed by atoms with E-state index < -0.39 is 11.7 Å². The van der Waals surface area contributed by atoms with E-state index in [-0.39, 0.29) is 18.2 Å². The zero-order chi connectivity index (χ0) is 15.6. The molecule has 1 unspecified atom stereocenters. The summed E-state index contributed by atoms with van der Waals surface area (Å²) < 4.78 is 38.0. The maximum absolute atomic E-state index is 12.7. The number of carbonyl (C=O) groups is 1. The summed E-state index contributed by atoms with van der Waals surface area (Å²) in [5.41, 5.74) is -0.293. The van der Waals surface area contributed by atoms with Gasteiger partial charge in [-0.1, -0.05) is 18.2 Å². The van der Waals surface area contributed by atoms with Gasteiger partial charge in [-0.15, -0.1) is 0 Å². The summed E-state index contributed by atoms with van der Waals surface area (Å²) in [5, 5.41) is 0. The number of nitrogens with zero attached hydrogens (tertiary/aromatic N) is 2. The van der Waals surface area contributed by atoms with Gasteiger partial charge in [-0.05, 0) is 25.7 Å². The summed E-state index contributed by atoms with van der Waals surface area (Å²) in [4.78, 5) is 16.4. The van der Waals surface area contributed by atoms with E-state index in [4.69, 9.17) is 0 Å². The zero-order valence-electron chi connectivity index (χ0n) is 12.2. The number of carbonyl (C=O) groups excluding carboxylic acids is 1. The Balaban J connectivity index is 2.09. The van der Waals surface area contributed by atoms with Crippen molar-refractivity contribution in [3.63, 3.8) is 0 Å². The second kappa shape index (κ2) is 6.15. The van der Waals surface area contributed by atoms with Crippen molar-refractivity contribution in [2.24, 2.45) is 0 Å². The lowest BCUT2D eigenvalue weighted by molar-refractivity contribution is -0.137. The number of ketones is 1. The first kappa shape index (κ1) is 16.0. The molecule has 1 fully saturated rings. The Labute approximate surface area is 122 Å². The quantitative estimate of drug-likeness (QED) is 0.854. The first-order chi connectivity index (χ1) is 9.77. The molecular formula is C15H19F3N2O. The second-order valence-electron chi connectivity index (χ2n) is 5.60. The highest BCUT2D eigenvalue weighted by Gasteiger charge is 2.31. The molecule has 1 atom stereocenters. The van der Waals surface area contributed by atoms with Gasteiger partial charge in [0.05, 0.1) is 11.6 Å². The smallest absolute Gasteiger partial charge is 0.303 e. The molecule has 1 aromatic carbocycles. The van der Waals surface area contributed by atoms with Crippen LogP contribution in [0.1, 0.15) is 11.1 Å². The summed E-state index contributed by atoms with van der Waals surface area (Å²) in [6, 6.07) is 4.75. The maximum Gasteiger partial charge on any atom is 0.416 e. The van der Waals surface area contributed by atoms with Crippen LogP contribution < -0.4 is 0 Å². The highest BCUT2D eigenvalue weighted by atomic mass is 19.4. The molecule has 0 spiro atoms. The van der Waals surface area contributed by atoms with Gasteiger partial charge in [0.1, 0.15) is 0 Å². The van der Waals surface area contributed by atoms with Crippen LogP contribution in [-0.2, 0) is 17.4 Å². The number of hydrogen-bond donors (Lipinski definition) is 0. The molecule has 1 saturated heterocycles. The molecule has 0 aromatic heterocycles. The average Bonchev–Trinajstić information content (AvgIpc) is 2.41. The van der Waals surface area contributed by atoms with Crippen molar-refractivity contribution in [2.75, 3.05) is 33.7 Å². The van der Waals surface area contributed by atoms with Crippen molar-refractivity contribution in [3.8, 4) is 0 Å². The monoisotopic (exact) mass is 300 g/mol. The van der Waals surface area contributed by atoms with Crippen LogP contribution >= 0.6 is 0 Å². The Morgan fingerprint density at radius 1 is 1.29 bits per heavy atom. The molecule has 0 saturated carbocycles. The minimum absolute atomic E-state index is 0.0345. The predicted molar refractivity (Wildman–Crippen MR) is 74.1 cm³/mol. The SMILES string of the molecule is CN1CCN(C)C(C(=O)Cc2cccc(C(F)(F)F)c2)C1. The molecule has 3 nitrogen and oxygen atoms in total. The third-order valence-corrected chi connectivity index (χ3v) is 3.86. The highest BCUT2D eigenvalue weighted by molar-refractivity contribution is 5.86. The molecule has 0 aliphatic carbocycles. The number of piperazine rings is 1. The molecule has 1 aromatic rings. The lowest BCUT2D eigenvalue weighted by Gasteiger charge is -2.36. The number of hydrogen-bond acceptors (Lipinski definition) is 3. The fourth-order valence-corrected chi connectivity index (χ4v) is 2.53. The molecule has 6 heteroatoms. The van der Waals surface area contributed by atoms with Crippen LogP contribution in [0, 0.1) is 0 Å². The van der Waals surface area contributed by atoms with Gasteiger partial charge in [-0.25, -0.2) is 0 Å². The number of benzene rings is 1. The Hall–Kier alpha value is -1.40. The van der Waals surface area contributed by atoms with Gasteiger partial charge in [0.15, 0.2) is 5.78 Å². The van der Waals surface area contributed by atoms with Gasteiger partial charge in [-0.2, -0.15) is 13.2 Å². The van der Waals surface area contributed by atoms with E-state index in [1.807, 2.05) is 19.0 Å². The minimum atomic E-state index is -4.37.